The summed E-state index contributed by atoms with van der Waals surface area (Å²) in [7, 11) is 0. The van der Waals surface area contributed by atoms with Gasteiger partial charge in [-0.05, 0) is 18.4 Å². The van der Waals surface area contributed by atoms with Gasteiger partial charge in [-0.1, -0.05) is 27.7 Å². The van der Waals surface area contributed by atoms with Crippen molar-refractivity contribution in [3.8, 4) is 0 Å². The van der Waals surface area contributed by atoms with Gasteiger partial charge in [-0.15, -0.1) is 0 Å². The van der Waals surface area contributed by atoms with Crippen LogP contribution in [0.4, 0.5) is 0 Å². The lowest BCUT2D eigenvalue weighted by Crippen LogP contribution is -2.44. The maximum Gasteiger partial charge on any atom is 0.0712 e. The summed E-state index contributed by atoms with van der Waals surface area (Å²) in [6.07, 6.45) is 0.820. The molecule has 1 aliphatic heterocycles. The summed E-state index contributed by atoms with van der Waals surface area (Å²) in [5, 5.41) is 9.78. The zero-order chi connectivity index (χ0) is 9.35. The first kappa shape index (κ1) is 10.0. The van der Waals surface area contributed by atoms with Crippen molar-refractivity contribution in [3.63, 3.8) is 0 Å². The average Bonchev–Trinajstić information content (AvgIpc) is 2.29. The van der Waals surface area contributed by atoms with Crippen molar-refractivity contribution in [2.75, 3.05) is 13.1 Å². The summed E-state index contributed by atoms with van der Waals surface area (Å²) in [5.41, 5.74) is 0.200. The van der Waals surface area contributed by atoms with Crippen LogP contribution in [0.1, 0.15) is 34.1 Å². The molecule has 0 spiro atoms. The van der Waals surface area contributed by atoms with E-state index in [1.807, 2.05) is 0 Å². The van der Waals surface area contributed by atoms with E-state index in [0.717, 1.165) is 19.5 Å². The summed E-state index contributed by atoms with van der Waals surface area (Å²) in [6, 6.07) is 0.350. The van der Waals surface area contributed by atoms with E-state index < -0.39 is 0 Å². The summed E-state index contributed by atoms with van der Waals surface area (Å²) >= 11 is 0. The molecule has 1 N–H and O–H groups in total. The van der Waals surface area contributed by atoms with Gasteiger partial charge in [0.15, 0.2) is 0 Å². The molecule has 1 rings (SSSR count). The number of likely N-dealkylation sites (N-methyl/N-ethyl adjacent to an activating group) is 1. The molecule has 1 fully saturated rings. The molecule has 0 amide bonds. The van der Waals surface area contributed by atoms with Crippen molar-refractivity contribution in [2.45, 2.75) is 46.3 Å². The van der Waals surface area contributed by atoms with Crippen LogP contribution in [0.5, 0.6) is 0 Å². The second-order valence-electron chi connectivity index (χ2n) is 4.80. The minimum absolute atomic E-state index is 0.120. The highest BCUT2D eigenvalue weighted by molar-refractivity contribution is 4.93. The fourth-order valence-corrected chi connectivity index (χ4v) is 2.32. The summed E-state index contributed by atoms with van der Waals surface area (Å²) in [5.74, 6) is 0. The molecule has 0 radical (unpaired) electrons. The van der Waals surface area contributed by atoms with Crippen molar-refractivity contribution in [3.05, 3.63) is 0 Å². The van der Waals surface area contributed by atoms with E-state index in [-0.39, 0.29) is 11.5 Å². The molecular formula is C10H21NO. The molecule has 0 aromatic heterocycles. The second kappa shape index (κ2) is 3.35. The summed E-state index contributed by atoms with van der Waals surface area (Å²) in [4.78, 5) is 2.38. The lowest BCUT2D eigenvalue weighted by molar-refractivity contribution is 0.0486. The predicted molar refractivity (Wildman–Crippen MR) is 51.1 cm³/mol. The van der Waals surface area contributed by atoms with E-state index in [9.17, 15) is 5.11 Å². The monoisotopic (exact) mass is 171 g/mol. The zero-order valence-corrected chi connectivity index (χ0v) is 8.67. The largest absolute Gasteiger partial charge is 0.391 e. The first-order chi connectivity index (χ1) is 5.46. The first-order valence-corrected chi connectivity index (χ1v) is 4.89. The highest BCUT2D eigenvalue weighted by Crippen LogP contribution is 2.32. The Hall–Kier alpha value is -0.0800. The minimum atomic E-state index is -0.120. The van der Waals surface area contributed by atoms with Crippen LogP contribution < -0.4 is 0 Å². The molecule has 0 aromatic rings. The third-order valence-corrected chi connectivity index (χ3v) is 2.76. The van der Waals surface area contributed by atoms with Gasteiger partial charge in [-0.2, -0.15) is 0 Å². The fraction of sp³-hybridized carbons (Fsp3) is 1.00. The van der Waals surface area contributed by atoms with E-state index in [4.69, 9.17) is 0 Å². The van der Waals surface area contributed by atoms with Crippen LogP contribution in [-0.4, -0.2) is 35.2 Å². The highest BCUT2D eigenvalue weighted by Gasteiger charge is 2.39. The number of likely N-dealkylation sites (tertiary alicyclic amines) is 1. The van der Waals surface area contributed by atoms with Gasteiger partial charge in [0.2, 0.25) is 0 Å². The predicted octanol–water partition coefficient (Wildman–Crippen LogP) is 1.49. The van der Waals surface area contributed by atoms with Crippen LogP contribution in [0.2, 0.25) is 0 Å². The van der Waals surface area contributed by atoms with E-state index in [2.05, 4.69) is 32.6 Å². The number of nitrogens with zero attached hydrogens (tertiary/aromatic N) is 1. The standard InChI is InChI=1S/C10H21NO/c1-5-11-7-6-8(12)9(11)10(2,3)4/h8-9,12H,5-7H2,1-4H3/t8-,9?/m1/s1. The first-order valence-electron chi connectivity index (χ1n) is 4.89. The van der Waals surface area contributed by atoms with Gasteiger partial charge in [0.25, 0.3) is 0 Å². The molecule has 0 bridgehead atoms. The molecule has 0 aromatic carbocycles. The molecule has 12 heavy (non-hydrogen) atoms. The quantitative estimate of drug-likeness (QED) is 0.646. The van der Waals surface area contributed by atoms with Gasteiger partial charge >= 0.3 is 0 Å². The number of hydrogen-bond donors (Lipinski definition) is 1. The summed E-state index contributed by atoms with van der Waals surface area (Å²) < 4.78 is 0. The molecule has 1 aliphatic rings. The molecule has 2 atom stereocenters. The third kappa shape index (κ3) is 1.80. The van der Waals surface area contributed by atoms with Crippen LogP contribution in [0.15, 0.2) is 0 Å². The second-order valence-corrected chi connectivity index (χ2v) is 4.80. The van der Waals surface area contributed by atoms with Crippen molar-refractivity contribution >= 4 is 0 Å². The Kier molecular flexibility index (Phi) is 2.79. The van der Waals surface area contributed by atoms with Crippen LogP contribution in [0.3, 0.4) is 0 Å². The minimum Gasteiger partial charge on any atom is -0.391 e. The van der Waals surface area contributed by atoms with Crippen molar-refractivity contribution in [1.82, 2.24) is 4.90 Å². The maximum atomic E-state index is 9.78. The Labute approximate surface area is 75.6 Å². The maximum absolute atomic E-state index is 9.78. The third-order valence-electron chi connectivity index (χ3n) is 2.76. The number of hydrogen-bond acceptors (Lipinski definition) is 2. The Morgan fingerprint density at radius 1 is 1.42 bits per heavy atom. The lowest BCUT2D eigenvalue weighted by Gasteiger charge is -2.36. The Morgan fingerprint density at radius 3 is 2.33 bits per heavy atom. The molecule has 1 saturated heterocycles. The van der Waals surface area contributed by atoms with E-state index in [1.165, 1.54) is 0 Å². The molecule has 2 heteroatoms. The Balaban J connectivity index is 2.70. The number of rotatable bonds is 1. The smallest absolute Gasteiger partial charge is 0.0712 e. The molecule has 2 nitrogen and oxygen atoms in total. The van der Waals surface area contributed by atoms with Crippen LogP contribution in [-0.2, 0) is 0 Å². The molecule has 72 valence electrons. The topological polar surface area (TPSA) is 23.5 Å². The van der Waals surface area contributed by atoms with Gasteiger partial charge in [-0.3, -0.25) is 4.90 Å². The van der Waals surface area contributed by atoms with Gasteiger partial charge < -0.3 is 5.11 Å². The van der Waals surface area contributed by atoms with Crippen LogP contribution >= 0.6 is 0 Å². The number of aliphatic hydroxyl groups is 1. The molecule has 0 aliphatic carbocycles. The highest BCUT2D eigenvalue weighted by atomic mass is 16.3. The molecular weight excluding hydrogens is 150 g/mol. The SMILES string of the molecule is CCN1CC[C@@H](O)C1C(C)(C)C. The lowest BCUT2D eigenvalue weighted by atomic mass is 9.84. The summed E-state index contributed by atoms with van der Waals surface area (Å²) in [6.45, 7) is 10.9. The Bertz CT molecular complexity index is 150. The van der Waals surface area contributed by atoms with Crippen molar-refractivity contribution < 1.29 is 5.11 Å². The molecule has 1 unspecified atom stereocenters. The van der Waals surface area contributed by atoms with Gasteiger partial charge in [0, 0.05) is 12.6 Å². The fourth-order valence-electron chi connectivity index (χ4n) is 2.32. The van der Waals surface area contributed by atoms with Gasteiger partial charge in [0.05, 0.1) is 6.10 Å². The van der Waals surface area contributed by atoms with Gasteiger partial charge in [0.1, 0.15) is 0 Å². The molecule has 1 heterocycles. The van der Waals surface area contributed by atoms with E-state index in [1.54, 1.807) is 0 Å². The van der Waals surface area contributed by atoms with Crippen LogP contribution in [0.25, 0.3) is 0 Å². The Morgan fingerprint density at radius 2 is 2.00 bits per heavy atom. The number of aliphatic hydroxyl groups excluding tert-OH is 1. The zero-order valence-electron chi connectivity index (χ0n) is 8.67. The van der Waals surface area contributed by atoms with E-state index >= 15 is 0 Å². The van der Waals surface area contributed by atoms with Crippen molar-refractivity contribution in [2.24, 2.45) is 5.41 Å². The van der Waals surface area contributed by atoms with Crippen molar-refractivity contribution in [1.29, 1.82) is 0 Å². The average molecular weight is 171 g/mol. The van der Waals surface area contributed by atoms with Crippen LogP contribution in [0, 0.1) is 5.41 Å². The normalized spacial score (nSPS) is 32.8. The molecule has 0 saturated carbocycles. The van der Waals surface area contributed by atoms with Gasteiger partial charge in [-0.25, -0.2) is 0 Å². The van der Waals surface area contributed by atoms with E-state index in [0.29, 0.717) is 6.04 Å².